The summed E-state index contributed by atoms with van der Waals surface area (Å²) >= 11 is 0. The minimum atomic E-state index is -3.03. The number of hydrogen-bond donors (Lipinski definition) is 1. The van der Waals surface area contributed by atoms with E-state index in [1.54, 1.807) is 4.31 Å². The predicted octanol–water partition coefficient (Wildman–Crippen LogP) is 2.41. The van der Waals surface area contributed by atoms with Crippen molar-refractivity contribution in [1.82, 2.24) is 9.62 Å². The Bertz CT molecular complexity index is 657. The van der Waals surface area contributed by atoms with E-state index < -0.39 is 10.0 Å². The van der Waals surface area contributed by atoms with Crippen molar-refractivity contribution in [1.29, 1.82) is 0 Å². The van der Waals surface area contributed by atoms with Gasteiger partial charge in [0.15, 0.2) is 0 Å². The third kappa shape index (κ3) is 3.07. The van der Waals surface area contributed by atoms with Crippen LogP contribution < -0.4 is 5.32 Å². The largest absolute Gasteiger partial charge is 0.310 e. The van der Waals surface area contributed by atoms with Gasteiger partial charge in [-0.05, 0) is 54.8 Å². The van der Waals surface area contributed by atoms with Crippen molar-refractivity contribution in [3.63, 3.8) is 0 Å². The normalized spacial score (nSPS) is 29.0. The van der Waals surface area contributed by atoms with Gasteiger partial charge in [0.25, 0.3) is 0 Å². The SMILES string of the molecule is Cc1cccc2c1C(C)CC2NCC1CCN(S(C)(=O)=O)C1. The lowest BCUT2D eigenvalue weighted by molar-refractivity contribution is 0.417. The topological polar surface area (TPSA) is 49.4 Å². The first kappa shape index (κ1) is 16.0. The van der Waals surface area contributed by atoms with Crippen LogP contribution in [0.5, 0.6) is 0 Å². The number of nitrogens with zero attached hydrogens (tertiary/aromatic N) is 1. The third-order valence-corrected chi connectivity index (χ3v) is 6.46. The molecule has 0 aromatic heterocycles. The zero-order chi connectivity index (χ0) is 15.9. The molecule has 1 aromatic carbocycles. The van der Waals surface area contributed by atoms with Gasteiger partial charge in [0.1, 0.15) is 0 Å². The zero-order valence-electron chi connectivity index (χ0n) is 13.7. The lowest BCUT2D eigenvalue weighted by Gasteiger charge is -2.18. The zero-order valence-corrected chi connectivity index (χ0v) is 14.5. The Kier molecular flexibility index (Phi) is 4.32. The average molecular weight is 322 g/mol. The summed E-state index contributed by atoms with van der Waals surface area (Å²) < 4.78 is 24.8. The van der Waals surface area contributed by atoms with Gasteiger partial charge in [0, 0.05) is 19.1 Å². The van der Waals surface area contributed by atoms with Crippen molar-refractivity contribution >= 4 is 10.0 Å². The highest BCUT2D eigenvalue weighted by atomic mass is 32.2. The fraction of sp³-hybridized carbons (Fsp3) is 0.647. The van der Waals surface area contributed by atoms with E-state index in [9.17, 15) is 8.42 Å². The molecule has 4 nitrogen and oxygen atoms in total. The van der Waals surface area contributed by atoms with Crippen molar-refractivity contribution < 1.29 is 8.42 Å². The van der Waals surface area contributed by atoms with E-state index >= 15 is 0 Å². The Morgan fingerprint density at radius 3 is 2.82 bits per heavy atom. The van der Waals surface area contributed by atoms with Gasteiger partial charge in [-0.15, -0.1) is 0 Å². The number of rotatable bonds is 4. The molecular weight excluding hydrogens is 296 g/mol. The van der Waals surface area contributed by atoms with Crippen molar-refractivity contribution in [2.45, 2.75) is 38.6 Å². The van der Waals surface area contributed by atoms with Crippen LogP contribution in [0.4, 0.5) is 0 Å². The van der Waals surface area contributed by atoms with Crippen molar-refractivity contribution in [2.24, 2.45) is 5.92 Å². The number of benzene rings is 1. The first-order valence-corrected chi connectivity index (χ1v) is 9.99. The van der Waals surface area contributed by atoms with E-state index in [1.807, 2.05) is 0 Å². The summed E-state index contributed by atoms with van der Waals surface area (Å²) in [5.41, 5.74) is 4.33. The Balaban J connectivity index is 1.62. The molecule has 0 saturated carbocycles. The maximum Gasteiger partial charge on any atom is 0.211 e. The molecule has 1 fully saturated rings. The monoisotopic (exact) mass is 322 g/mol. The van der Waals surface area contributed by atoms with E-state index in [0.717, 1.165) is 19.4 Å². The first-order valence-electron chi connectivity index (χ1n) is 8.14. The molecule has 3 atom stereocenters. The summed E-state index contributed by atoms with van der Waals surface area (Å²) in [6.07, 6.45) is 3.41. The van der Waals surface area contributed by atoms with Crippen LogP contribution in [0.15, 0.2) is 18.2 Å². The summed E-state index contributed by atoms with van der Waals surface area (Å²) in [6.45, 7) is 6.72. The number of sulfonamides is 1. The molecule has 1 aliphatic carbocycles. The molecule has 1 saturated heterocycles. The quantitative estimate of drug-likeness (QED) is 0.926. The molecule has 5 heteroatoms. The molecule has 122 valence electrons. The Hall–Kier alpha value is -0.910. The minimum absolute atomic E-state index is 0.414. The van der Waals surface area contributed by atoms with Crippen LogP contribution in [0.25, 0.3) is 0 Å². The smallest absolute Gasteiger partial charge is 0.211 e. The van der Waals surface area contributed by atoms with Gasteiger partial charge in [-0.3, -0.25) is 0 Å². The highest BCUT2D eigenvalue weighted by molar-refractivity contribution is 7.88. The Labute approximate surface area is 134 Å². The summed E-state index contributed by atoms with van der Waals surface area (Å²) in [4.78, 5) is 0. The van der Waals surface area contributed by atoms with Crippen molar-refractivity contribution in [2.75, 3.05) is 25.9 Å². The second-order valence-corrected chi connectivity index (χ2v) is 8.93. The van der Waals surface area contributed by atoms with Gasteiger partial charge in [-0.2, -0.15) is 0 Å². The highest BCUT2D eigenvalue weighted by Crippen LogP contribution is 2.41. The van der Waals surface area contributed by atoms with E-state index in [-0.39, 0.29) is 0 Å². The van der Waals surface area contributed by atoms with Crippen molar-refractivity contribution in [3.05, 3.63) is 34.9 Å². The molecule has 1 heterocycles. The van der Waals surface area contributed by atoms with Crippen molar-refractivity contribution in [3.8, 4) is 0 Å². The van der Waals surface area contributed by atoms with E-state index in [1.165, 1.54) is 22.9 Å². The average Bonchev–Trinajstić information content (AvgIpc) is 3.02. The van der Waals surface area contributed by atoms with Gasteiger partial charge in [-0.25, -0.2) is 12.7 Å². The summed E-state index contributed by atoms with van der Waals surface area (Å²) in [5, 5.41) is 3.69. The molecule has 3 unspecified atom stereocenters. The molecule has 0 spiro atoms. The molecule has 0 bridgehead atoms. The number of hydrogen-bond acceptors (Lipinski definition) is 3. The van der Waals surface area contributed by atoms with Gasteiger partial charge >= 0.3 is 0 Å². The van der Waals surface area contributed by atoms with Crippen LogP contribution in [-0.2, 0) is 10.0 Å². The van der Waals surface area contributed by atoms with Gasteiger partial charge in [0.05, 0.1) is 6.26 Å². The van der Waals surface area contributed by atoms with Crippen LogP contribution >= 0.6 is 0 Å². The number of fused-ring (bicyclic) bond motifs is 1. The molecule has 0 radical (unpaired) electrons. The molecule has 1 aliphatic heterocycles. The molecule has 3 rings (SSSR count). The summed E-state index contributed by atoms with van der Waals surface area (Å²) in [6, 6.07) is 6.98. The number of nitrogens with one attached hydrogen (secondary N) is 1. The summed E-state index contributed by atoms with van der Waals surface area (Å²) in [5.74, 6) is 1.03. The summed E-state index contributed by atoms with van der Waals surface area (Å²) in [7, 11) is -3.03. The van der Waals surface area contributed by atoms with Gasteiger partial charge < -0.3 is 5.32 Å². The van der Waals surface area contributed by atoms with Crippen LogP contribution in [0.1, 0.15) is 48.4 Å². The lowest BCUT2D eigenvalue weighted by Crippen LogP contribution is -2.31. The second-order valence-electron chi connectivity index (χ2n) is 6.95. The minimum Gasteiger partial charge on any atom is -0.310 e. The number of aryl methyl sites for hydroxylation is 1. The first-order chi connectivity index (χ1) is 10.4. The highest BCUT2D eigenvalue weighted by Gasteiger charge is 2.32. The van der Waals surface area contributed by atoms with Crippen LogP contribution in [0.3, 0.4) is 0 Å². The second kappa shape index (κ2) is 5.95. The van der Waals surface area contributed by atoms with Gasteiger partial charge in [0.2, 0.25) is 10.0 Å². The molecule has 0 amide bonds. The van der Waals surface area contributed by atoms with Crippen LogP contribution in [-0.4, -0.2) is 38.6 Å². The van der Waals surface area contributed by atoms with Crippen LogP contribution in [0.2, 0.25) is 0 Å². The van der Waals surface area contributed by atoms with E-state index in [4.69, 9.17) is 0 Å². The maximum atomic E-state index is 11.6. The molecular formula is C17H26N2O2S. The lowest BCUT2D eigenvalue weighted by atomic mass is 9.98. The molecule has 2 aliphatic rings. The standard InChI is InChI=1S/C17H26N2O2S/c1-12-5-4-6-15-16(9-13(2)17(12)15)18-10-14-7-8-19(11-14)22(3,20)21/h4-6,13-14,16,18H,7-11H2,1-3H3. The third-order valence-electron chi connectivity index (χ3n) is 5.19. The molecule has 1 N–H and O–H groups in total. The molecule has 22 heavy (non-hydrogen) atoms. The fourth-order valence-electron chi connectivity index (χ4n) is 4.05. The fourth-order valence-corrected chi connectivity index (χ4v) is 4.96. The maximum absolute atomic E-state index is 11.6. The van der Waals surface area contributed by atoms with Crippen LogP contribution in [0, 0.1) is 12.8 Å². The Morgan fingerprint density at radius 2 is 2.14 bits per heavy atom. The molecule has 1 aromatic rings. The van der Waals surface area contributed by atoms with Gasteiger partial charge in [-0.1, -0.05) is 25.1 Å². The van der Waals surface area contributed by atoms with E-state index in [0.29, 0.717) is 31.0 Å². The Morgan fingerprint density at radius 1 is 1.36 bits per heavy atom. The predicted molar refractivity (Wildman–Crippen MR) is 89.5 cm³/mol. The van der Waals surface area contributed by atoms with E-state index in [2.05, 4.69) is 37.4 Å².